The molecule has 5 nitrogen and oxygen atoms in total. The summed E-state index contributed by atoms with van der Waals surface area (Å²) in [6, 6.07) is 3.48. The van der Waals surface area contributed by atoms with Crippen LogP contribution in [0, 0.1) is 0 Å². The minimum atomic E-state index is -0.854. The molecule has 0 bridgehead atoms. The van der Waals surface area contributed by atoms with Gasteiger partial charge in [0, 0.05) is 12.8 Å². The molecule has 1 aromatic heterocycles. The number of aliphatic carboxylic acids is 1. The molecule has 0 aliphatic carbocycles. The van der Waals surface area contributed by atoms with E-state index in [0.717, 1.165) is 0 Å². The summed E-state index contributed by atoms with van der Waals surface area (Å²) in [6.45, 7) is 0. The SMILES string of the molecule is COC(=O)CCc1ccc(CCC(=O)O)o1. The minimum absolute atomic E-state index is 0.0456. The molecule has 0 aliphatic rings. The van der Waals surface area contributed by atoms with Crippen molar-refractivity contribution in [2.45, 2.75) is 25.7 Å². The first kappa shape index (κ1) is 12.3. The van der Waals surface area contributed by atoms with Gasteiger partial charge >= 0.3 is 11.9 Å². The molecule has 0 unspecified atom stereocenters. The van der Waals surface area contributed by atoms with Crippen LogP contribution in [0.15, 0.2) is 16.5 Å². The number of ether oxygens (including phenoxy) is 1. The quantitative estimate of drug-likeness (QED) is 0.742. The zero-order valence-electron chi connectivity index (χ0n) is 9.06. The molecular weight excluding hydrogens is 212 g/mol. The van der Waals surface area contributed by atoms with Crippen LogP contribution in [0.4, 0.5) is 0 Å². The summed E-state index contributed by atoms with van der Waals surface area (Å²) in [5, 5.41) is 8.49. The van der Waals surface area contributed by atoms with E-state index in [1.54, 1.807) is 12.1 Å². The molecule has 0 spiro atoms. The normalized spacial score (nSPS) is 10.1. The standard InChI is InChI=1S/C11H14O5/c1-15-11(14)7-5-9-3-2-8(16-9)4-6-10(12)13/h2-3H,4-7H2,1H3,(H,12,13). The second-order valence-electron chi connectivity index (χ2n) is 3.34. The van der Waals surface area contributed by atoms with Gasteiger partial charge in [0.25, 0.3) is 0 Å². The van der Waals surface area contributed by atoms with Gasteiger partial charge in [0.15, 0.2) is 0 Å². The van der Waals surface area contributed by atoms with Gasteiger partial charge in [0.2, 0.25) is 0 Å². The Balaban J connectivity index is 2.39. The largest absolute Gasteiger partial charge is 0.481 e. The average Bonchev–Trinajstić information content (AvgIpc) is 2.71. The Bertz CT molecular complexity index is 366. The molecule has 0 amide bonds. The Morgan fingerprint density at radius 3 is 2.31 bits per heavy atom. The van der Waals surface area contributed by atoms with Crippen molar-refractivity contribution in [3.8, 4) is 0 Å². The highest BCUT2D eigenvalue weighted by Crippen LogP contribution is 2.12. The Morgan fingerprint density at radius 2 is 1.81 bits per heavy atom. The van der Waals surface area contributed by atoms with Gasteiger partial charge in [-0.3, -0.25) is 9.59 Å². The number of methoxy groups -OCH3 is 1. The van der Waals surface area contributed by atoms with Gasteiger partial charge in [-0.15, -0.1) is 0 Å². The molecule has 0 aliphatic heterocycles. The van der Waals surface area contributed by atoms with E-state index in [1.807, 2.05) is 0 Å². The number of carboxylic acids is 1. The Hall–Kier alpha value is -1.78. The predicted molar refractivity (Wildman–Crippen MR) is 55.0 cm³/mol. The lowest BCUT2D eigenvalue weighted by Gasteiger charge is -1.97. The predicted octanol–water partition coefficient (Wildman–Crippen LogP) is 1.40. The van der Waals surface area contributed by atoms with Crippen LogP contribution >= 0.6 is 0 Å². The van der Waals surface area contributed by atoms with Crippen LogP contribution in [0.5, 0.6) is 0 Å². The van der Waals surface area contributed by atoms with E-state index in [0.29, 0.717) is 24.4 Å². The van der Waals surface area contributed by atoms with Crippen LogP contribution in [-0.4, -0.2) is 24.2 Å². The first-order chi connectivity index (χ1) is 7.61. The lowest BCUT2D eigenvalue weighted by Crippen LogP contribution is -2.01. The summed E-state index contributed by atoms with van der Waals surface area (Å²) in [6.07, 6.45) is 1.15. The van der Waals surface area contributed by atoms with E-state index in [-0.39, 0.29) is 18.8 Å². The van der Waals surface area contributed by atoms with Gasteiger partial charge in [-0.1, -0.05) is 0 Å². The maximum Gasteiger partial charge on any atom is 0.305 e. The van der Waals surface area contributed by atoms with Crippen molar-refractivity contribution in [1.29, 1.82) is 0 Å². The molecular formula is C11H14O5. The van der Waals surface area contributed by atoms with Crippen LogP contribution in [0.25, 0.3) is 0 Å². The first-order valence-electron chi connectivity index (χ1n) is 4.98. The molecule has 0 saturated heterocycles. The highest BCUT2D eigenvalue weighted by atomic mass is 16.5. The number of carboxylic acid groups (broad SMARTS) is 1. The van der Waals surface area contributed by atoms with Crippen molar-refractivity contribution in [1.82, 2.24) is 0 Å². The number of hydrogen-bond donors (Lipinski definition) is 1. The Labute approximate surface area is 93.0 Å². The molecule has 5 heteroatoms. The molecule has 0 radical (unpaired) electrons. The number of furan rings is 1. The fraction of sp³-hybridized carbons (Fsp3) is 0.455. The van der Waals surface area contributed by atoms with Gasteiger partial charge in [0.05, 0.1) is 20.0 Å². The van der Waals surface area contributed by atoms with Crippen LogP contribution in [-0.2, 0) is 27.2 Å². The minimum Gasteiger partial charge on any atom is -0.481 e. The van der Waals surface area contributed by atoms with Crippen molar-refractivity contribution < 1.29 is 23.8 Å². The van der Waals surface area contributed by atoms with Crippen LogP contribution in [0.3, 0.4) is 0 Å². The van der Waals surface area contributed by atoms with Crippen LogP contribution < -0.4 is 0 Å². The van der Waals surface area contributed by atoms with Crippen molar-refractivity contribution in [2.24, 2.45) is 0 Å². The summed E-state index contributed by atoms with van der Waals surface area (Å²) in [7, 11) is 1.34. The van der Waals surface area contributed by atoms with E-state index in [9.17, 15) is 9.59 Å². The summed E-state index contributed by atoms with van der Waals surface area (Å²) in [4.78, 5) is 21.2. The summed E-state index contributed by atoms with van der Waals surface area (Å²) in [5.41, 5.74) is 0. The third kappa shape index (κ3) is 4.16. The molecule has 88 valence electrons. The molecule has 1 aromatic rings. The van der Waals surface area contributed by atoms with E-state index in [4.69, 9.17) is 9.52 Å². The second-order valence-corrected chi connectivity index (χ2v) is 3.34. The third-order valence-electron chi connectivity index (χ3n) is 2.11. The number of hydrogen-bond acceptors (Lipinski definition) is 4. The summed E-state index contributed by atoms with van der Waals surface area (Å²) >= 11 is 0. The topological polar surface area (TPSA) is 76.7 Å². The number of aryl methyl sites for hydroxylation is 2. The highest BCUT2D eigenvalue weighted by Gasteiger charge is 2.07. The zero-order chi connectivity index (χ0) is 12.0. The van der Waals surface area contributed by atoms with Gasteiger partial charge in [-0.25, -0.2) is 0 Å². The van der Waals surface area contributed by atoms with E-state index >= 15 is 0 Å². The molecule has 0 aromatic carbocycles. The lowest BCUT2D eigenvalue weighted by atomic mass is 10.2. The fourth-order valence-electron chi connectivity index (χ4n) is 1.25. The number of carbonyl (C=O) groups excluding carboxylic acids is 1. The van der Waals surface area contributed by atoms with Gasteiger partial charge in [-0.2, -0.15) is 0 Å². The molecule has 1 N–H and O–H groups in total. The number of esters is 1. The second kappa shape index (κ2) is 5.95. The maximum atomic E-state index is 10.9. The average molecular weight is 226 g/mol. The molecule has 0 saturated carbocycles. The Kier molecular flexibility index (Phi) is 4.57. The van der Waals surface area contributed by atoms with Gasteiger partial charge < -0.3 is 14.3 Å². The summed E-state index contributed by atoms with van der Waals surface area (Å²) < 4.78 is 9.86. The van der Waals surface area contributed by atoms with Crippen molar-refractivity contribution in [2.75, 3.05) is 7.11 Å². The fourth-order valence-corrected chi connectivity index (χ4v) is 1.25. The lowest BCUT2D eigenvalue weighted by molar-refractivity contribution is -0.140. The summed E-state index contributed by atoms with van der Waals surface area (Å²) in [5.74, 6) is 0.157. The third-order valence-corrected chi connectivity index (χ3v) is 2.11. The number of rotatable bonds is 6. The van der Waals surface area contributed by atoms with Gasteiger partial charge in [0.1, 0.15) is 11.5 Å². The molecule has 16 heavy (non-hydrogen) atoms. The Morgan fingerprint density at radius 1 is 1.25 bits per heavy atom. The molecule has 0 atom stereocenters. The first-order valence-corrected chi connectivity index (χ1v) is 4.98. The van der Waals surface area contributed by atoms with Crippen LogP contribution in [0.2, 0.25) is 0 Å². The van der Waals surface area contributed by atoms with E-state index in [2.05, 4.69) is 4.74 Å². The van der Waals surface area contributed by atoms with Crippen LogP contribution in [0.1, 0.15) is 24.4 Å². The van der Waals surface area contributed by atoms with Crippen molar-refractivity contribution >= 4 is 11.9 Å². The smallest absolute Gasteiger partial charge is 0.305 e. The number of carbonyl (C=O) groups is 2. The zero-order valence-corrected chi connectivity index (χ0v) is 9.06. The maximum absolute atomic E-state index is 10.9. The monoisotopic (exact) mass is 226 g/mol. The molecule has 0 fully saturated rings. The van der Waals surface area contributed by atoms with E-state index < -0.39 is 5.97 Å². The highest BCUT2D eigenvalue weighted by molar-refractivity contribution is 5.69. The van der Waals surface area contributed by atoms with E-state index in [1.165, 1.54) is 7.11 Å². The molecule has 1 heterocycles. The molecule has 1 rings (SSSR count). The van der Waals surface area contributed by atoms with Gasteiger partial charge in [-0.05, 0) is 12.1 Å². The van der Waals surface area contributed by atoms with Crippen molar-refractivity contribution in [3.63, 3.8) is 0 Å². The van der Waals surface area contributed by atoms with Crippen molar-refractivity contribution in [3.05, 3.63) is 23.7 Å².